The number of ether oxygens (including phenoxy) is 3. The number of aromatic nitrogens is 3. The Kier molecular flexibility index (Phi) is 7.75. The largest absolute Gasteiger partial charge is 0.494 e. The number of pyridine rings is 1. The number of halogens is 2. The van der Waals surface area contributed by atoms with Crippen LogP contribution in [-0.4, -0.2) is 60.0 Å². The van der Waals surface area contributed by atoms with E-state index in [0.717, 1.165) is 36.9 Å². The number of nitrogens with one attached hydrogen (secondary N) is 1. The van der Waals surface area contributed by atoms with Crippen molar-refractivity contribution in [2.24, 2.45) is 4.99 Å². The smallest absolute Gasteiger partial charge is 0.341 e. The first-order chi connectivity index (χ1) is 17.8. The number of nitrogens with zero attached hydrogens (tertiary/aromatic N) is 5. The van der Waals surface area contributed by atoms with E-state index in [0.29, 0.717) is 12.5 Å². The van der Waals surface area contributed by atoms with Crippen molar-refractivity contribution in [3.8, 4) is 11.5 Å². The average Bonchev–Trinajstić information content (AvgIpc) is 2.89. The Hall–Kier alpha value is -4.35. The first-order valence-corrected chi connectivity index (χ1v) is 11.4. The third-order valence-electron chi connectivity index (χ3n) is 5.57. The molecular formula is C25H26F2N6O4. The van der Waals surface area contributed by atoms with Crippen LogP contribution in [0.4, 0.5) is 26.2 Å². The Morgan fingerprint density at radius 3 is 2.59 bits per heavy atom. The Morgan fingerprint density at radius 2 is 1.92 bits per heavy atom. The van der Waals surface area contributed by atoms with Crippen molar-refractivity contribution < 1.29 is 27.8 Å². The number of anilines is 3. The van der Waals surface area contributed by atoms with Gasteiger partial charge in [0.1, 0.15) is 18.2 Å². The van der Waals surface area contributed by atoms with Gasteiger partial charge in [-0.15, -0.1) is 0 Å². The van der Waals surface area contributed by atoms with Crippen molar-refractivity contribution in [2.45, 2.75) is 26.5 Å². The lowest BCUT2D eigenvalue weighted by atomic mass is 10.1. The zero-order valence-electron chi connectivity index (χ0n) is 20.8. The molecular weight excluding hydrogens is 486 g/mol. The maximum absolute atomic E-state index is 14.8. The Morgan fingerprint density at radius 1 is 1.16 bits per heavy atom. The normalized spacial score (nSPS) is 15.1. The molecule has 4 rings (SSSR count). The molecule has 0 saturated heterocycles. The van der Waals surface area contributed by atoms with E-state index in [9.17, 15) is 13.6 Å². The molecule has 12 heteroatoms. The summed E-state index contributed by atoms with van der Waals surface area (Å²) >= 11 is 0. The van der Waals surface area contributed by atoms with E-state index in [1.54, 1.807) is 12.3 Å². The molecule has 1 N–H and O–H groups in total. The van der Waals surface area contributed by atoms with Crippen LogP contribution in [0.5, 0.6) is 11.5 Å². The van der Waals surface area contributed by atoms with Crippen molar-refractivity contribution in [1.82, 2.24) is 15.0 Å². The quantitative estimate of drug-likeness (QED) is 0.449. The van der Waals surface area contributed by atoms with E-state index in [-0.39, 0.29) is 17.5 Å². The highest BCUT2D eigenvalue weighted by molar-refractivity contribution is 5.90. The van der Waals surface area contributed by atoms with Gasteiger partial charge in [0.25, 0.3) is 0 Å². The molecule has 0 amide bonds. The minimum Gasteiger partial charge on any atom is -0.494 e. The molecule has 37 heavy (non-hydrogen) atoms. The van der Waals surface area contributed by atoms with E-state index >= 15 is 0 Å². The van der Waals surface area contributed by atoms with Crippen molar-refractivity contribution in [2.75, 3.05) is 37.5 Å². The summed E-state index contributed by atoms with van der Waals surface area (Å²) in [6.07, 6.45) is 4.42. The highest BCUT2D eigenvalue weighted by atomic mass is 19.1. The predicted molar refractivity (Wildman–Crippen MR) is 133 cm³/mol. The van der Waals surface area contributed by atoms with Gasteiger partial charge in [0.15, 0.2) is 17.3 Å². The van der Waals surface area contributed by atoms with Gasteiger partial charge in [0.2, 0.25) is 5.95 Å². The topological polar surface area (TPSA) is 111 Å². The van der Waals surface area contributed by atoms with Gasteiger partial charge in [-0.05, 0) is 19.9 Å². The third-order valence-corrected chi connectivity index (χ3v) is 5.57. The molecule has 10 nitrogen and oxygen atoms in total. The minimum atomic E-state index is -1.09. The van der Waals surface area contributed by atoms with Crippen LogP contribution >= 0.6 is 0 Å². The van der Waals surface area contributed by atoms with Crippen LogP contribution in [0.1, 0.15) is 29.8 Å². The Balaban J connectivity index is 1.44. The molecule has 0 saturated carbocycles. The maximum atomic E-state index is 14.8. The number of methoxy groups -OCH3 is 2. The van der Waals surface area contributed by atoms with E-state index in [2.05, 4.69) is 41.8 Å². The molecule has 0 bridgehead atoms. The second-order valence-electron chi connectivity index (χ2n) is 8.38. The van der Waals surface area contributed by atoms with E-state index in [4.69, 9.17) is 9.47 Å². The van der Waals surface area contributed by atoms with Crippen LogP contribution in [0.15, 0.2) is 41.8 Å². The third kappa shape index (κ3) is 5.90. The van der Waals surface area contributed by atoms with Gasteiger partial charge in [-0.2, -0.15) is 0 Å². The highest BCUT2D eigenvalue weighted by Crippen LogP contribution is 2.28. The fourth-order valence-corrected chi connectivity index (χ4v) is 3.90. The first-order valence-electron chi connectivity index (χ1n) is 11.4. The summed E-state index contributed by atoms with van der Waals surface area (Å²) in [5.74, 6) is -2.09. The van der Waals surface area contributed by atoms with Crippen LogP contribution in [0.25, 0.3) is 0 Å². The number of hydrogen-bond donors (Lipinski definition) is 1. The molecule has 0 spiro atoms. The van der Waals surface area contributed by atoms with Crippen LogP contribution < -0.4 is 19.7 Å². The van der Waals surface area contributed by atoms with Gasteiger partial charge in [0.05, 0.1) is 50.3 Å². The monoisotopic (exact) mass is 512 g/mol. The summed E-state index contributed by atoms with van der Waals surface area (Å²) in [5, 5.41) is 3.10. The zero-order chi connectivity index (χ0) is 26.5. The van der Waals surface area contributed by atoms with E-state index < -0.39 is 35.3 Å². The molecule has 0 unspecified atom stereocenters. The lowest BCUT2D eigenvalue weighted by Crippen LogP contribution is -2.39. The van der Waals surface area contributed by atoms with Gasteiger partial charge in [-0.1, -0.05) is 0 Å². The van der Waals surface area contributed by atoms with E-state index in [1.807, 2.05) is 13.0 Å². The molecule has 0 radical (unpaired) electrons. The Bertz CT molecular complexity index is 1320. The molecule has 3 aromatic rings. The van der Waals surface area contributed by atoms with Crippen LogP contribution in [-0.2, 0) is 11.3 Å². The predicted octanol–water partition coefficient (Wildman–Crippen LogP) is 3.94. The van der Waals surface area contributed by atoms with Crippen LogP contribution in [0, 0.1) is 11.6 Å². The molecule has 0 fully saturated rings. The number of carbonyl (C=O) groups excluding carboxylic acids is 1. The molecule has 1 aliphatic heterocycles. The number of hydrogen-bond acceptors (Lipinski definition) is 10. The van der Waals surface area contributed by atoms with Crippen molar-refractivity contribution in [3.63, 3.8) is 0 Å². The number of esters is 1. The fourth-order valence-electron chi connectivity index (χ4n) is 3.90. The van der Waals surface area contributed by atoms with Crippen LogP contribution in [0.3, 0.4) is 0 Å². The zero-order valence-corrected chi connectivity index (χ0v) is 20.8. The molecule has 2 aromatic heterocycles. The summed E-state index contributed by atoms with van der Waals surface area (Å²) in [7, 11) is 2.30. The minimum absolute atomic E-state index is 0.166. The summed E-state index contributed by atoms with van der Waals surface area (Å²) in [4.78, 5) is 31.4. The molecule has 0 aliphatic carbocycles. The highest BCUT2D eigenvalue weighted by Gasteiger charge is 2.24. The van der Waals surface area contributed by atoms with Gasteiger partial charge in [-0.25, -0.2) is 28.5 Å². The number of carbonyl (C=O) groups is 1. The lowest BCUT2D eigenvalue weighted by molar-refractivity contribution is 0.0594. The summed E-state index contributed by atoms with van der Waals surface area (Å²) in [6, 6.07) is 4.81. The average molecular weight is 513 g/mol. The van der Waals surface area contributed by atoms with Crippen molar-refractivity contribution in [1.29, 1.82) is 0 Å². The molecule has 1 aromatic carbocycles. The number of benzene rings is 1. The number of rotatable bonds is 8. The van der Waals surface area contributed by atoms with E-state index in [1.165, 1.54) is 19.5 Å². The Labute approximate surface area is 212 Å². The van der Waals surface area contributed by atoms with Crippen molar-refractivity contribution >= 4 is 29.1 Å². The van der Waals surface area contributed by atoms with Crippen LogP contribution in [0.2, 0.25) is 0 Å². The van der Waals surface area contributed by atoms with Gasteiger partial charge < -0.3 is 24.4 Å². The second kappa shape index (κ2) is 11.1. The van der Waals surface area contributed by atoms with Gasteiger partial charge in [-0.3, -0.25) is 4.99 Å². The molecule has 194 valence electrons. The molecule has 1 atom stereocenters. The number of aliphatic imine (C=N–C) groups is 1. The van der Waals surface area contributed by atoms with Gasteiger partial charge in [0, 0.05) is 36.3 Å². The second-order valence-corrected chi connectivity index (χ2v) is 8.38. The maximum Gasteiger partial charge on any atom is 0.341 e. The molecule has 3 heterocycles. The lowest BCUT2D eigenvalue weighted by Gasteiger charge is -2.30. The summed E-state index contributed by atoms with van der Waals surface area (Å²) in [6.45, 7) is 5.01. The fraction of sp³-hybridized carbons (Fsp3) is 0.320. The standard InChI is InChI=1S/C25H26F2N6O4/c1-14-11-33(12-15(2)31-14)21-7-16(5-6-28-21)32-25-29-9-17(10-30-25)37-13-19-22(26)18(24(34)36-4)8-20(35-3)23(19)27/h5-10,14H,11-13H2,1-4H3,(H,28,29,30,32)/t14-/m0/s1. The first kappa shape index (κ1) is 25.7. The van der Waals surface area contributed by atoms with Gasteiger partial charge >= 0.3 is 5.97 Å². The van der Waals surface area contributed by atoms with Crippen molar-refractivity contribution in [3.05, 3.63) is 59.6 Å². The SMILES string of the molecule is COC(=O)c1cc(OC)c(F)c(COc2cnc(Nc3ccnc(N4CC(C)=N[C@@H](C)C4)c3)nc2)c1F. The summed E-state index contributed by atoms with van der Waals surface area (Å²) < 4.78 is 44.4. The summed E-state index contributed by atoms with van der Waals surface area (Å²) in [5.41, 5.74) is 0.835. The molecule has 1 aliphatic rings.